The molecule has 0 aliphatic rings. The number of hydrogen-bond acceptors (Lipinski definition) is 6. The Morgan fingerprint density at radius 2 is 0.875 bits per heavy atom. The predicted octanol–water partition coefficient (Wildman–Crippen LogP) is 14.2. The molecule has 5 aromatic heterocycles. The van der Waals surface area contributed by atoms with Crippen molar-refractivity contribution in [3.63, 3.8) is 0 Å². The van der Waals surface area contributed by atoms with Crippen LogP contribution in [0.4, 0.5) is 0 Å². The Kier molecular flexibility index (Phi) is 7.21. The van der Waals surface area contributed by atoms with Crippen LogP contribution in [0.2, 0.25) is 0 Å². The molecular weight excluding hydrogens is 789 g/mol. The van der Waals surface area contributed by atoms with Gasteiger partial charge in [-0.1, -0.05) is 48.5 Å². The first-order valence-corrected chi connectivity index (χ1v) is 20.8. The van der Waals surface area contributed by atoms with E-state index in [9.17, 15) is 0 Å². The van der Waals surface area contributed by atoms with Gasteiger partial charge in [0.2, 0.25) is 0 Å². The van der Waals surface area contributed by atoms with Crippen LogP contribution in [0.15, 0.2) is 158 Å². The lowest BCUT2D eigenvalue weighted by Crippen LogP contribution is -1.98. The molecule has 64 heavy (non-hydrogen) atoms. The molecule has 0 spiro atoms. The van der Waals surface area contributed by atoms with Gasteiger partial charge in [-0.15, -0.1) is 0 Å². The molecule has 6 aromatic carbocycles. The summed E-state index contributed by atoms with van der Waals surface area (Å²) in [5.41, 5.74) is 6.65. The molecule has 0 bridgehead atoms. The second-order valence-electron chi connectivity index (χ2n) is 16.0. The van der Waals surface area contributed by atoms with E-state index >= 15 is 0 Å². The average Bonchev–Trinajstić information content (AvgIpc) is 3.85. The summed E-state index contributed by atoms with van der Waals surface area (Å²) in [5, 5.41) is 3.90. The van der Waals surface area contributed by atoms with E-state index < -0.39 is 20.6 Å². The van der Waals surface area contributed by atoms with Crippen LogP contribution in [0, 0.1) is 41.3 Å². The maximum absolute atomic E-state index is 8.54. The van der Waals surface area contributed by atoms with E-state index in [1.54, 1.807) is 43.6 Å². The standard InChI is InChI=1S/C56H44N6O2/c1-33-19-21-57-55(23-33)61-49-13-9-7-11-41(49)43-17-15-39(27-51(43)61)63-53-29-45(35(3)25-37(53)5)47-31-60-48(32-59-47)46-30-54(38(6)26-36(46)4)64-40-16-18-44-42-12-8-10-14-50(42)62(52(44)28-40)56-24-34(2)20-22-58-56/h7-32H,1-6H3/i3D3,5D3,6D3. The third kappa shape index (κ3) is 6.71. The van der Waals surface area contributed by atoms with E-state index in [0.717, 1.165) is 66.6 Å². The van der Waals surface area contributed by atoms with Crippen LogP contribution >= 0.6 is 0 Å². The van der Waals surface area contributed by atoms with E-state index in [1.807, 2.05) is 115 Å². The van der Waals surface area contributed by atoms with Gasteiger partial charge >= 0.3 is 0 Å². The minimum Gasteiger partial charge on any atom is -0.457 e. The Morgan fingerprint density at radius 1 is 0.422 bits per heavy atom. The smallest absolute Gasteiger partial charge is 0.137 e. The minimum atomic E-state index is -2.77. The summed E-state index contributed by atoms with van der Waals surface area (Å²) in [6, 6.07) is 40.6. The molecule has 11 aromatic rings. The highest BCUT2D eigenvalue weighted by atomic mass is 16.5. The van der Waals surface area contributed by atoms with Crippen molar-refractivity contribution in [1.82, 2.24) is 29.1 Å². The fraction of sp³-hybridized carbons (Fsp3) is 0.107. The van der Waals surface area contributed by atoms with Crippen LogP contribution in [0.3, 0.4) is 0 Å². The molecule has 0 fully saturated rings. The molecule has 0 radical (unpaired) electrons. The first-order chi connectivity index (χ1) is 34.8. The molecule has 0 saturated carbocycles. The number of aryl methyl sites for hydroxylation is 6. The lowest BCUT2D eigenvalue weighted by Gasteiger charge is -2.15. The third-order valence-electron chi connectivity index (χ3n) is 11.7. The summed E-state index contributed by atoms with van der Waals surface area (Å²) in [4.78, 5) is 18.8. The van der Waals surface area contributed by atoms with Gasteiger partial charge < -0.3 is 9.47 Å². The molecule has 0 saturated heterocycles. The van der Waals surface area contributed by atoms with Gasteiger partial charge in [-0.25, -0.2) is 9.97 Å². The Morgan fingerprint density at radius 3 is 1.34 bits per heavy atom. The van der Waals surface area contributed by atoms with Crippen molar-refractivity contribution < 1.29 is 21.8 Å². The van der Waals surface area contributed by atoms with Gasteiger partial charge in [0.25, 0.3) is 0 Å². The van der Waals surface area contributed by atoms with Crippen LogP contribution in [0.1, 0.15) is 45.7 Å². The topological polar surface area (TPSA) is 79.9 Å². The molecule has 8 nitrogen and oxygen atoms in total. The van der Waals surface area contributed by atoms with E-state index in [4.69, 9.17) is 31.8 Å². The van der Waals surface area contributed by atoms with Crippen molar-refractivity contribution in [2.45, 2.75) is 41.3 Å². The quantitative estimate of drug-likeness (QED) is 0.152. The maximum Gasteiger partial charge on any atom is 0.137 e. The molecule has 8 heteroatoms. The summed E-state index contributed by atoms with van der Waals surface area (Å²) in [6.07, 6.45) is 6.37. The number of nitrogens with zero attached hydrogens (tertiary/aromatic N) is 6. The van der Waals surface area contributed by atoms with Gasteiger partial charge in [-0.3, -0.25) is 19.1 Å². The molecular formula is C56H44N6O2. The summed E-state index contributed by atoms with van der Waals surface area (Å²) in [5.74, 6) is 2.12. The lowest BCUT2D eigenvalue weighted by atomic mass is 10.0. The number of fused-ring (bicyclic) bond motifs is 6. The minimum absolute atomic E-state index is 0.00374. The number of pyridine rings is 2. The number of ether oxygens (including phenoxy) is 2. The fourth-order valence-electron chi connectivity index (χ4n) is 8.59. The van der Waals surface area contributed by atoms with Crippen LogP contribution < -0.4 is 9.47 Å². The zero-order valence-corrected chi connectivity index (χ0v) is 35.0. The summed E-state index contributed by atoms with van der Waals surface area (Å²) >= 11 is 0. The third-order valence-corrected chi connectivity index (χ3v) is 11.7. The van der Waals surface area contributed by atoms with Gasteiger partial charge in [0.05, 0.1) is 45.8 Å². The number of hydrogen-bond donors (Lipinski definition) is 0. The second kappa shape index (κ2) is 15.4. The van der Waals surface area contributed by atoms with Crippen molar-refractivity contribution in [3.05, 3.63) is 192 Å². The monoisotopic (exact) mass is 841 g/mol. The largest absolute Gasteiger partial charge is 0.457 e. The highest BCUT2D eigenvalue weighted by Gasteiger charge is 2.18. The van der Waals surface area contributed by atoms with Crippen molar-refractivity contribution >= 4 is 43.6 Å². The van der Waals surface area contributed by atoms with E-state index in [1.165, 1.54) is 18.5 Å². The predicted molar refractivity (Wildman–Crippen MR) is 259 cm³/mol. The van der Waals surface area contributed by atoms with Crippen LogP contribution in [-0.4, -0.2) is 29.1 Å². The molecule has 0 unspecified atom stereocenters. The van der Waals surface area contributed by atoms with Crippen molar-refractivity contribution in [2.75, 3.05) is 0 Å². The molecule has 310 valence electrons. The highest BCUT2D eigenvalue weighted by molar-refractivity contribution is 6.10. The fourth-order valence-corrected chi connectivity index (χ4v) is 8.59. The van der Waals surface area contributed by atoms with Gasteiger partial charge in [0.1, 0.15) is 34.6 Å². The molecule has 0 aliphatic heterocycles. The molecule has 5 heterocycles. The number of benzene rings is 6. The van der Waals surface area contributed by atoms with E-state index in [0.29, 0.717) is 34.1 Å². The first-order valence-electron chi connectivity index (χ1n) is 25.3. The summed E-state index contributed by atoms with van der Waals surface area (Å²) in [6.45, 7) is -2.33. The van der Waals surface area contributed by atoms with Crippen molar-refractivity contribution in [2.24, 2.45) is 0 Å². The maximum atomic E-state index is 8.54. The van der Waals surface area contributed by atoms with Crippen molar-refractivity contribution in [3.8, 4) is 57.1 Å². The van der Waals surface area contributed by atoms with Crippen LogP contribution in [-0.2, 0) is 0 Å². The normalized spacial score (nSPS) is 14.3. The molecule has 0 aliphatic carbocycles. The van der Waals surface area contributed by atoms with E-state index in [2.05, 4.69) is 14.5 Å². The molecule has 11 rings (SSSR count). The highest BCUT2D eigenvalue weighted by Crippen LogP contribution is 2.40. The van der Waals surface area contributed by atoms with Crippen LogP contribution in [0.5, 0.6) is 23.0 Å². The summed E-state index contributed by atoms with van der Waals surface area (Å²) < 4.78 is 93.6. The Hall–Kier alpha value is -8.10. The van der Waals surface area contributed by atoms with Gasteiger partial charge in [-0.05, 0) is 148 Å². The second-order valence-corrected chi connectivity index (χ2v) is 16.0. The zero-order valence-electron chi connectivity index (χ0n) is 44.0. The first kappa shape index (κ1) is 30.0. The molecule has 0 atom stereocenters. The van der Waals surface area contributed by atoms with E-state index in [-0.39, 0.29) is 39.4 Å². The Bertz CT molecular complexity index is 3990. The molecule has 0 amide bonds. The average molecular weight is 842 g/mol. The number of rotatable bonds is 8. The lowest BCUT2D eigenvalue weighted by molar-refractivity contribution is 0.479. The summed E-state index contributed by atoms with van der Waals surface area (Å²) in [7, 11) is 0. The SMILES string of the molecule is [2H]C([2H])([2H])c1cc(C)c(-c2cnc(-c3cc(Oc4ccc5c6ccccc6n(-c6cc(C)ccn6)c5c4)c(C([2H])([2H])[2H])cc3C([2H])([2H])[2H])cn2)cc1Oc1ccc2c3ccccc3n(-c3cc(C)ccn3)c2c1. The van der Waals surface area contributed by atoms with Gasteiger partial charge in [0, 0.05) is 69.5 Å². The number of aromatic nitrogens is 6. The van der Waals surface area contributed by atoms with Gasteiger partial charge in [-0.2, -0.15) is 0 Å². The number of para-hydroxylation sites is 2. The molecule has 0 N–H and O–H groups in total. The van der Waals surface area contributed by atoms with Crippen LogP contribution in [0.25, 0.3) is 77.8 Å². The Labute approximate surface area is 383 Å². The Balaban J connectivity index is 0.983. The van der Waals surface area contributed by atoms with Crippen molar-refractivity contribution in [1.29, 1.82) is 0 Å². The van der Waals surface area contributed by atoms with Gasteiger partial charge in [0.15, 0.2) is 0 Å². The zero-order chi connectivity index (χ0) is 51.1.